The molecule has 0 amide bonds. The van der Waals surface area contributed by atoms with Crippen LogP contribution in [0, 0.1) is 0 Å². The summed E-state index contributed by atoms with van der Waals surface area (Å²) in [4.78, 5) is 0. The first-order valence-corrected chi connectivity index (χ1v) is 5.32. The van der Waals surface area contributed by atoms with Gasteiger partial charge >= 0.3 is 6.18 Å². The summed E-state index contributed by atoms with van der Waals surface area (Å²) in [6.45, 7) is 0. The third kappa shape index (κ3) is 2.07. The predicted molar refractivity (Wildman–Crippen MR) is 54.2 cm³/mol. The van der Waals surface area contributed by atoms with Gasteiger partial charge in [0.2, 0.25) is 0 Å². The van der Waals surface area contributed by atoms with Gasteiger partial charge in [-0.25, -0.2) is 0 Å². The molecule has 1 nitrogen and oxygen atoms in total. The van der Waals surface area contributed by atoms with Crippen LogP contribution in [0.2, 0.25) is 0 Å². The van der Waals surface area contributed by atoms with E-state index in [1.54, 1.807) is 12.1 Å². The molecule has 0 heterocycles. The Hall–Kier alpha value is -1.03. The Morgan fingerprint density at radius 2 is 1.94 bits per heavy atom. The largest absolute Gasteiger partial charge is 0.414 e. The first-order chi connectivity index (χ1) is 7.50. The summed E-state index contributed by atoms with van der Waals surface area (Å²) in [5, 5.41) is 9.33. The van der Waals surface area contributed by atoms with Crippen LogP contribution in [0.3, 0.4) is 0 Å². The molecular weight excluding hydrogens is 217 g/mol. The van der Waals surface area contributed by atoms with Crippen LogP contribution >= 0.6 is 0 Å². The summed E-state index contributed by atoms with van der Waals surface area (Å²) in [7, 11) is 0. The molecule has 1 N–H and O–H groups in total. The third-order valence-corrected chi connectivity index (χ3v) is 3.13. The summed E-state index contributed by atoms with van der Waals surface area (Å²) < 4.78 is 37.4. The maximum absolute atomic E-state index is 12.5. The van der Waals surface area contributed by atoms with Gasteiger partial charge in [0.1, 0.15) is 0 Å². The zero-order valence-corrected chi connectivity index (χ0v) is 8.67. The Bertz CT molecular complexity index is 373. The van der Waals surface area contributed by atoms with Crippen molar-refractivity contribution in [2.75, 3.05) is 0 Å². The number of fused-ring (bicyclic) bond motifs is 1. The SMILES string of the molecule is OC(C1CCCc2ccccc21)C(F)(F)F. The second kappa shape index (κ2) is 4.09. The fraction of sp³-hybridized carbons (Fsp3) is 0.500. The molecule has 4 heteroatoms. The molecule has 0 saturated carbocycles. The third-order valence-electron chi connectivity index (χ3n) is 3.13. The Labute approximate surface area is 91.9 Å². The molecule has 0 aliphatic heterocycles. The maximum Gasteiger partial charge on any atom is 0.414 e. The van der Waals surface area contributed by atoms with Crippen LogP contribution in [0.1, 0.15) is 29.9 Å². The molecule has 0 spiro atoms. The fourth-order valence-electron chi connectivity index (χ4n) is 2.35. The van der Waals surface area contributed by atoms with E-state index in [2.05, 4.69) is 0 Å². The molecule has 2 rings (SSSR count). The smallest absolute Gasteiger partial charge is 0.383 e. The van der Waals surface area contributed by atoms with E-state index >= 15 is 0 Å². The minimum atomic E-state index is -4.53. The molecule has 0 radical (unpaired) electrons. The number of aliphatic hydroxyl groups is 1. The standard InChI is InChI=1S/C12H13F3O/c13-12(14,15)11(16)10-7-3-5-8-4-1-2-6-9(8)10/h1-2,4,6,10-11,16H,3,5,7H2. The normalized spacial score (nSPS) is 22.6. The maximum atomic E-state index is 12.5. The number of hydrogen-bond acceptors (Lipinski definition) is 1. The highest BCUT2D eigenvalue weighted by molar-refractivity contribution is 5.33. The van der Waals surface area contributed by atoms with Crippen LogP contribution < -0.4 is 0 Å². The first-order valence-electron chi connectivity index (χ1n) is 5.32. The van der Waals surface area contributed by atoms with E-state index in [4.69, 9.17) is 0 Å². The van der Waals surface area contributed by atoms with Crippen molar-refractivity contribution in [2.24, 2.45) is 0 Å². The number of aryl methyl sites for hydroxylation is 1. The van der Waals surface area contributed by atoms with E-state index in [0.717, 1.165) is 12.0 Å². The molecule has 1 aromatic rings. The Balaban J connectivity index is 2.32. The van der Waals surface area contributed by atoms with Crippen molar-refractivity contribution in [1.29, 1.82) is 0 Å². The highest BCUT2D eigenvalue weighted by Crippen LogP contribution is 2.39. The molecule has 0 aromatic heterocycles. The monoisotopic (exact) mass is 230 g/mol. The first kappa shape index (κ1) is 11.5. The Kier molecular flexibility index (Phi) is 2.93. The van der Waals surface area contributed by atoms with E-state index in [1.165, 1.54) is 0 Å². The molecular formula is C12H13F3O. The number of halogens is 3. The number of hydrogen-bond donors (Lipinski definition) is 1. The van der Waals surface area contributed by atoms with Crippen molar-refractivity contribution in [3.05, 3.63) is 35.4 Å². The van der Waals surface area contributed by atoms with E-state index in [1.807, 2.05) is 12.1 Å². The lowest BCUT2D eigenvalue weighted by Crippen LogP contribution is -2.36. The van der Waals surface area contributed by atoms with Gasteiger partial charge in [0.25, 0.3) is 0 Å². The topological polar surface area (TPSA) is 20.2 Å². The average Bonchev–Trinajstić information content (AvgIpc) is 2.26. The van der Waals surface area contributed by atoms with Gasteiger partial charge in [-0.1, -0.05) is 24.3 Å². The molecule has 0 saturated heterocycles. The van der Waals surface area contributed by atoms with Crippen molar-refractivity contribution in [3.63, 3.8) is 0 Å². The highest BCUT2D eigenvalue weighted by Gasteiger charge is 2.44. The van der Waals surface area contributed by atoms with Crippen LogP contribution in [0.25, 0.3) is 0 Å². The lowest BCUT2D eigenvalue weighted by atomic mass is 9.79. The van der Waals surface area contributed by atoms with Gasteiger partial charge in [-0.15, -0.1) is 0 Å². The van der Waals surface area contributed by atoms with Gasteiger partial charge in [-0.05, 0) is 30.4 Å². The zero-order chi connectivity index (χ0) is 11.8. The van der Waals surface area contributed by atoms with Crippen LogP contribution in [-0.2, 0) is 6.42 Å². The second-order valence-corrected chi connectivity index (χ2v) is 4.18. The van der Waals surface area contributed by atoms with Crippen LogP contribution in [-0.4, -0.2) is 17.4 Å². The predicted octanol–water partition coefficient (Wildman–Crippen LogP) is 3.03. The van der Waals surface area contributed by atoms with Crippen molar-refractivity contribution in [1.82, 2.24) is 0 Å². The minimum absolute atomic E-state index is 0.400. The Morgan fingerprint density at radius 3 is 2.62 bits per heavy atom. The molecule has 16 heavy (non-hydrogen) atoms. The molecule has 1 aromatic carbocycles. The Morgan fingerprint density at radius 1 is 1.25 bits per heavy atom. The summed E-state index contributed by atoms with van der Waals surface area (Å²) in [5.41, 5.74) is 1.58. The molecule has 2 atom stereocenters. The minimum Gasteiger partial charge on any atom is -0.383 e. The molecule has 88 valence electrons. The number of aliphatic hydroxyl groups excluding tert-OH is 1. The number of rotatable bonds is 1. The number of benzene rings is 1. The fourth-order valence-corrected chi connectivity index (χ4v) is 2.35. The van der Waals surface area contributed by atoms with Crippen LogP contribution in [0.15, 0.2) is 24.3 Å². The van der Waals surface area contributed by atoms with Crippen molar-refractivity contribution < 1.29 is 18.3 Å². The van der Waals surface area contributed by atoms with Gasteiger partial charge < -0.3 is 5.11 Å². The second-order valence-electron chi connectivity index (χ2n) is 4.18. The summed E-state index contributed by atoms with van der Waals surface area (Å²) >= 11 is 0. The van der Waals surface area contributed by atoms with E-state index in [9.17, 15) is 18.3 Å². The molecule has 1 aliphatic rings. The van der Waals surface area contributed by atoms with E-state index in [0.29, 0.717) is 18.4 Å². The van der Waals surface area contributed by atoms with Gasteiger partial charge in [-0.3, -0.25) is 0 Å². The lowest BCUT2D eigenvalue weighted by Gasteiger charge is -2.30. The summed E-state index contributed by atoms with van der Waals surface area (Å²) in [6.07, 6.45) is -4.87. The van der Waals surface area contributed by atoms with Gasteiger partial charge in [0.05, 0.1) is 0 Å². The van der Waals surface area contributed by atoms with E-state index < -0.39 is 18.2 Å². The molecule has 0 bridgehead atoms. The summed E-state index contributed by atoms with van der Waals surface area (Å²) in [6, 6.07) is 7.07. The van der Waals surface area contributed by atoms with Crippen molar-refractivity contribution in [2.45, 2.75) is 37.5 Å². The quantitative estimate of drug-likeness (QED) is 0.786. The van der Waals surface area contributed by atoms with E-state index in [-0.39, 0.29) is 0 Å². The molecule has 2 unspecified atom stereocenters. The average molecular weight is 230 g/mol. The van der Waals surface area contributed by atoms with Crippen LogP contribution in [0.4, 0.5) is 13.2 Å². The van der Waals surface area contributed by atoms with Gasteiger partial charge in [-0.2, -0.15) is 13.2 Å². The summed E-state index contributed by atoms with van der Waals surface area (Å²) in [5.74, 6) is -0.801. The lowest BCUT2D eigenvalue weighted by molar-refractivity contribution is -0.211. The zero-order valence-electron chi connectivity index (χ0n) is 8.67. The number of alkyl halides is 3. The van der Waals surface area contributed by atoms with Crippen molar-refractivity contribution >= 4 is 0 Å². The van der Waals surface area contributed by atoms with Crippen molar-refractivity contribution in [3.8, 4) is 0 Å². The molecule has 0 fully saturated rings. The van der Waals surface area contributed by atoms with Gasteiger partial charge in [0, 0.05) is 5.92 Å². The van der Waals surface area contributed by atoms with Gasteiger partial charge in [0.15, 0.2) is 6.10 Å². The molecule has 1 aliphatic carbocycles. The highest BCUT2D eigenvalue weighted by atomic mass is 19.4. The van der Waals surface area contributed by atoms with Crippen LogP contribution in [0.5, 0.6) is 0 Å².